The SMILES string of the molecule is CCC/C=C\C(C)CCC(C)=O. The molecular formula is C11H20O. The summed E-state index contributed by atoms with van der Waals surface area (Å²) in [5.41, 5.74) is 0. The lowest BCUT2D eigenvalue weighted by Gasteiger charge is -2.02. The molecule has 0 aromatic rings. The Labute approximate surface area is 75.9 Å². The van der Waals surface area contributed by atoms with E-state index in [9.17, 15) is 4.79 Å². The van der Waals surface area contributed by atoms with Gasteiger partial charge < -0.3 is 4.79 Å². The first-order valence-corrected chi connectivity index (χ1v) is 4.83. The average Bonchev–Trinajstić information content (AvgIpc) is 2.01. The maximum Gasteiger partial charge on any atom is 0.129 e. The Hall–Kier alpha value is -0.590. The molecule has 0 saturated heterocycles. The van der Waals surface area contributed by atoms with E-state index in [1.807, 2.05) is 0 Å². The van der Waals surface area contributed by atoms with Gasteiger partial charge in [-0.3, -0.25) is 0 Å². The molecule has 0 aromatic carbocycles. The van der Waals surface area contributed by atoms with Crippen molar-refractivity contribution >= 4 is 5.78 Å². The summed E-state index contributed by atoms with van der Waals surface area (Å²) in [6, 6.07) is 0. The van der Waals surface area contributed by atoms with E-state index in [0.717, 1.165) is 19.3 Å². The summed E-state index contributed by atoms with van der Waals surface area (Å²) >= 11 is 0. The van der Waals surface area contributed by atoms with Crippen LogP contribution in [0.5, 0.6) is 0 Å². The van der Waals surface area contributed by atoms with E-state index in [2.05, 4.69) is 26.0 Å². The summed E-state index contributed by atoms with van der Waals surface area (Å²) in [6.45, 7) is 5.99. The minimum atomic E-state index is 0.297. The highest BCUT2D eigenvalue weighted by Crippen LogP contribution is 2.08. The second kappa shape index (κ2) is 7.08. The van der Waals surface area contributed by atoms with Gasteiger partial charge in [-0.1, -0.05) is 32.4 Å². The van der Waals surface area contributed by atoms with Crippen LogP contribution < -0.4 is 0 Å². The minimum Gasteiger partial charge on any atom is -0.300 e. The van der Waals surface area contributed by atoms with Crippen molar-refractivity contribution in [1.29, 1.82) is 0 Å². The third kappa shape index (κ3) is 7.52. The maximum atomic E-state index is 10.7. The Morgan fingerprint density at radius 1 is 1.50 bits per heavy atom. The molecule has 12 heavy (non-hydrogen) atoms. The van der Waals surface area contributed by atoms with Crippen LogP contribution in [-0.2, 0) is 4.79 Å². The summed E-state index contributed by atoms with van der Waals surface area (Å²) in [4.78, 5) is 10.7. The minimum absolute atomic E-state index is 0.297. The Kier molecular flexibility index (Phi) is 6.73. The maximum absolute atomic E-state index is 10.7. The van der Waals surface area contributed by atoms with Crippen LogP contribution in [0.1, 0.15) is 46.5 Å². The number of allylic oxidation sites excluding steroid dienone is 2. The fourth-order valence-electron chi connectivity index (χ4n) is 1.02. The largest absolute Gasteiger partial charge is 0.300 e. The number of hydrogen-bond donors (Lipinski definition) is 0. The van der Waals surface area contributed by atoms with Gasteiger partial charge in [0.2, 0.25) is 0 Å². The number of Topliss-reactive ketones (excluding diaryl/α,β-unsaturated/α-hetero) is 1. The van der Waals surface area contributed by atoms with Gasteiger partial charge >= 0.3 is 0 Å². The fraction of sp³-hybridized carbons (Fsp3) is 0.727. The van der Waals surface area contributed by atoms with Crippen molar-refractivity contribution in [3.8, 4) is 0 Å². The van der Waals surface area contributed by atoms with Gasteiger partial charge in [0.25, 0.3) is 0 Å². The molecule has 0 amide bonds. The van der Waals surface area contributed by atoms with Crippen molar-refractivity contribution in [3.63, 3.8) is 0 Å². The number of ketones is 1. The van der Waals surface area contributed by atoms with Gasteiger partial charge in [-0.05, 0) is 25.7 Å². The molecule has 0 radical (unpaired) electrons. The fourth-order valence-corrected chi connectivity index (χ4v) is 1.02. The molecule has 0 spiro atoms. The van der Waals surface area contributed by atoms with Crippen molar-refractivity contribution in [2.75, 3.05) is 0 Å². The lowest BCUT2D eigenvalue weighted by Crippen LogP contribution is -1.95. The molecule has 0 aliphatic heterocycles. The quantitative estimate of drug-likeness (QED) is 0.556. The predicted molar refractivity (Wildman–Crippen MR) is 53.1 cm³/mol. The van der Waals surface area contributed by atoms with Gasteiger partial charge in [0.15, 0.2) is 0 Å². The molecule has 0 fully saturated rings. The molecule has 1 atom stereocenters. The van der Waals surface area contributed by atoms with Crippen LogP contribution in [0.25, 0.3) is 0 Å². The monoisotopic (exact) mass is 168 g/mol. The first kappa shape index (κ1) is 11.4. The molecule has 0 aliphatic rings. The number of unbranched alkanes of at least 4 members (excludes halogenated alkanes) is 1. The Bertz CT molecular complexity index is 147. The Balaban J connectivity index is 3.44. The van der Waals surface area contributed by atoms with Gasteiger partial charge in [-0.2, -0.15) is 0 Å². The van der Waals surface area contributed by atoms with E-state index < -0.39 is 0 Å². The molecule has 0 bridgehead atoms. The average molecular weight is 168 g/mol. The van der Waals surface area contributed by atoms with Crippen LogP contribution in [0, 0.1) is 5.92 Å². The van der Waals surface area contributed by atoms with Crippen molar-refractivity contribution in [2.24, 2.45) is 5.92 Å². The third-order valence-electron chi connectivity index (χ3n) is 1.87. The molecule has 0 N–H and O–H groups in total. The molecule has 70 valence electrons. The van der Waals surface area contributed by atoms with Crippen LogP contribution in [0.3, 0.4) is 0 Å². The number of hydrogen-bond acceptors (Lipinski definition) is 1. The number of rotatable bonds is 6. The van der Waals surface area contributed by atoms with E-state index in [4.69, 9.17) is 0 Å². The molecule has 1 nitrogen and oxygen atoms in total. The summed E-state index contributed by atoms with van der Waals surface area (Å²) < 4.78 is 0. The second-order valence-corrected chi connectivity index (χ2v) is 3.43. The predicted octanol–water partition coefficient (Wildman–Crippen LogP) is 3.35. The summed E-state index contributed by atoms with van der Waals surface area (Å²) in [5.74, 6) is 0.853. The summed E-state index contributed by atoms with van der Waals surface area (Å²) in [6.07, 6.45) is 8.50. The number of carbonyl (C=O) groups excluding carboxylic acids is 1. The molecule has 0 heterocycles. The zero-order valence-electron chi connectivity index (χ0n) is 8.47. The van der Waals surface area contributed by atoms with Gasteiger partial charge in [-0.25, -0.2) is 0 Å². The van der Waals surface area contributed by atoms with E-state index in [-0.39, 0.29) is 0 Å². The van der Waals surface area contributed by atoms with Crippen LogP contribution in [0.4, 0.5) is 0 Å². The summed E-state index contributed by atoms with van der Waals surface area (Å²) in [5, 5.41) is 0. The van der Waals surface area contributed by atoms with E-state index in [1.54, 1.807) is 6.92 Å². The molecule has 1 heteroatoms. The zero-order valence-corrected chi connectivity index (χ0v) is 8.47. The first-order valence-electron chi connectivity index (χ1n) is 4.83. The van der Waals surface area contributed by atoms with Gasteiger partial charge in [0.1, 0.15) is 5.78 Å². The normalized spacial score (nSPS) is 13.6. The van der Waals surface area contributed by atoms with Crippen LogP contribution in [0.15, 0.2) is 12.2 Å². The second-order valence-electron chi connectivity index (χ2n) is 3.43. The van der Waals surface area contributed by atoms with Gasteiger partial charge in [-0.15, -0.1) is 0 Å². The molecule has 1 unspecified atom stereocenters. The Morgan fingerprint density at radius 2 is 2.17 bits per heavy atom. The lowest BCUT2D eigenvalue weighted by molar-refractivity contribution is -0.117. The standard InChI is InChI=1S/C11H20O/c1-4-5-6-7-10(2)8-9-11(3)12/h6-7,10H,4-5,8-9H2,1-3H3/b7-6-. The van der Waals surface area contributed by atoms with Crippen LogP contribution in [-0.4, -0.2) is 5.78 Å². The number of carbonyl (C=O) groups is 1. The third-order valence-corrected chi connectivity index (χ3v) is 1.87. The lowest BCUT2D eigenvalue weighted by atomic mass is 10.0. The zero-order chi connectivity index (χ0) is 9.40. The Morgan fingerprint density at radius 3 is 2.67 bits per heavy atom. The molecular weight excluding hydrogens is 148 g/mol. The van der Waals surface area contributed by atoms with E-state index in [1.165, 1.54) is 6.42 Å². The van der Waals surface area contributed by atoms with Crippen LogP contribution in [0.2, 0.25) is 0 Å². The molecule has 0 aliphatic carbocycles. The smallest absolute Gasteiger partial charge is 0.129 e. The molecule has 0 rings (SSSR count). The van der Waals surface area contributed by atoms with Crippen molar-refractivity contribution in [1.82, 2.24) is 0 Å². The van der Waals surface area contributed by atoms with Crippen LogP contribution >= 0.6 is 0 Å². The highest BCUT2D eigenvalue weighted by Gasteiger charge is 1.98. The van der Waals surface area contributed by atoms with Crippen molar-refractivity contribution in [3.05, 3.63) is 12.2 Å². The highest BCUT2D eigenvalue weighted by molar-refractivity contribution is 5.75. The highest BCUT2D eigenvalue weighted by atomic mass is 16.1. The topological polar surface area (TPSA) is 17.1 Å². The summed E-state index contributed by atoms with van der Waals surface area (Å²) in [7, 11) is 0. The molecule has 0 saturated carbocycles. The molecule has 0 aromatic heterocycles. The van der Waals surface area contributed by atoms with Crippen molar-refractivity contribution < 1.29 is 4.79 Å². The first-order chi connectivity index (χ1) is 5.66. The van der Waals surface area contributed by atoms with E-state index >= 15 is 0 Å². The van der Waals surface area contributed by atoms with Gasteiger partial charge in [0.05, 0.1) is 0 Å². The van der Waals surface area contributed by atoms with Gasteiger partial charge in [0, 0.05) is 6.42 Å². The van der Waals surface area contributed by atoms with Crippen molar-refractivity contribution in [2.45, 2.75) is 46.5 Å². The van der Waals surface area contributed by atoms with E-state index in [0.29, 0.717) is 11.7 Å².